The SMILES string of the molecule is O=C(Cc1cc(F)cc(Br)c1)c1ccc(I)cc1. The Morgan fingerprint density at radius 1 is 1.17 bits per heavy atom. The van der Waals surface area contributed by atoms with Crippen LogP contribution in [-0.2, 0) is 6.42 Å². The molecular formula is C14H9BrFIO. The zero-order chi connectivity index (χ0) is 13.1. The minimum absolute atomic E-state index is 0.0103. The molecule has 0 aliphatic heterocycles. The molecule has 0 radical (unpaired) electrons. The van der Waals surface area contributed by atoms with E-state index in [0.717, 1.165) is 3.57 Å². The molecule has 0 saturated heterocycles. The lowest BCUT2D eigenvalue weighted by molar-refractivity contribution is 0.0993. The molecule has 4 heteroatoms. The van der Waals surface area contributed by atoms with Crippen molar-refractivity contribution in [3.05, 3.63) is 67.5 Å². The number of hydrogen-bond donors (Lipinski definition) is 0. The van der Waals surface area contributed by atoms with E-state index in [1.807, 2.05) is 12.1 Å². The minimum atomic E-state index is -0.338. The van der Waals surface area contributed by atoms with Gasteiger partial charge in [0, 0.05) is 20.0 Å². The summed E-state index contributed by atoms with van der Waals surface area (Å²) in [5.74, 6) is -0.348. The van der Waals surface area contributed by atoms with Crippen LogP contribution in [0.4, 0.5) is 4.39 Å². The molecule has 0 heterocycles. The highest BCUT2D eigenvalue weighted by Gasteiger charge is 2.08. The van der Waals surface area contributed by atoms with Crippen molar-refractivity contribution < 1.29 is 9.18 Å². The van der Waals surface area contributed by atoms with Gasteiger partial charge < -0.3 is 0 Å². The quantitative estimate of drug-likeness (QED) is 0.525. The van der Waals surface area contributed by atoms with Crippen LogP contribution in [0.1, 0.15) is 15.9 Å². The highest BCUT2D eigenvalue weighted by Crippen LogP contribution is 2.17. The molecule has 0 bridgehead atoms. The van der Waals surface area contributed by atoms with Crippen LogP contribution in [0.3, 0.4) is 0 Å². The molecule has 0 unspecified atom stereocenters. The number of hydrogen-bond acceptors (Lipinski definition) is 1. The Labute approximate surface area is 127 Å². The molecule has 0 aliphatic rings. The first-order valence-electron chi connectivity index (χ1n) is 5.28. The Morgan fingerprint density at radius 2 is 1.83 bits per heavy atom. The summed E-state index contributed by atoms with van der Waals surface area (Å²) in [6, 6.07) is 11.9. The van der Waals surface area contributed by atoms with Gasteiger partial charge in [0.1, 0.15) is 5.82 Å². The van der Waals surface area contributed by atoms with E-state index in [2.05, 4.69) is 38.5 Å². The molecule has 92 valence electrons. The number of Topliss-reactive ketones (excluding diaryl/α,β-unsaturated/α-hetero) is 1. The number of halogens is 3. The molecule has 0 saturated carbocycles. The van der Waals surface area contributed by atoms with E-state index < -0.39 is 0 Å². The highest BCUT2D eigenvalue weighted by atomic mass is 127. The third-order valence-corrected chi connectivity index (χ3v) is 3.63. The minimum Gasteiger partial charge on any atom is -0.294 e. The van der Waals surface area contributed by atoms with Gasteiger partial charge in [-0.2, -0.15) is 0 Å². The molecular weight excluding hydrogens is 410 g/mol. The maximum Gasteiger partial charge on any atom is 0.167 e. The van der Waals surface area contributed by atoms with Crippen molar-refractivity contribution in [2.75, 3.05) is 0 Å². The van der Waals surface area contributed by atoms with Crippen LogP contribution in [-0.4, -0.2) is 5.78 Å². The van der Waals surface area contributed by atoms with Gasteiger partial charge in [-0.25, -0.2) is 4.39 Å². The zero-order valence-electron chi connectivity index (χ0n) is 9.29. The monoisotopic (exact) mass is 418 g/mol. The number of carbonyl (C=O) groups excluding carboxylic acids is 1. The van der Waals surface area contributed by atoms with Crippen molar-refractivity contribution in [2.45, 2.75) is 6.42 Å². The second kappa shape index (κ2) is 5.93. The number of benzene rings is 2. The van der Waals surface area contributed by atoms with Gasteiger partial charge in [0.05, 0.1) is 0 Å². The molecule has 0 aromatic heterocycles. The molecule has 2 rings (SSSR count). The Morgan fingerprint density at radius 3 is 2.44 bits per heavy atom. The normalized spacial score (nSPS) is 10.4. The molecule has 0 atom stereocenters. The van der Waals surface area contributed by atoms with Crippen LogP contribution in [0, 0.1) is 9.39 Å². The molecule has 0 fully saturated rings. The smallest absolute Gasteiger partial charge is 0.167 e. The maximum atomic E-state index is 13.2. The van der Waals surface area contributed by atoms with Crippen LogP contribution in [0.5, 0.6) is 0 Å². The average Bonchev–Trinajstić information content (AvgIpc) is 2.28. The van der Waals surface area contributed by atoms with E-state index in [1.54, 1.807) is 18.2 Å². The van der Waals surface area contributed by atoms with Crippen molar-refractivity contribution in [3.63, 3.8) is 0 Å². The van der Waals surface area contributed by atoms with E-state index >= 15 is 0 Å². The van der Waals surface area contributed by atoms with E-state index in [-0.39, 0.29) is 18.0 Å². The largest absolute Gasteiger partial charge is 0.294 e. The first kappa shape index (κ1) is 13.7. The van der Waals surface area contributed by atoms with E-state index in [0.29, 0.717) is 15.6 Å². The topological polar surface area (TPSA) is 17.1 Å². The van der Waals surface area contributed by atoms with Gasteiger partial charge in [-0.3, -0.25) is 4.79 Å². The lowest BCUT2D eigenvalue weighted by atomic mass is 10.0. The van der Waals surface area contributed by atoms with E-state index in [1.165, 1.54) is 12.1 Å². The van der Waals surface area contributed by atoms with Crippen LogP contribution in [0.15, 0.2) is 46.9 Å². The summed E-state index contributed by atoms with van der Waals surface area (Å²) < 4.78 is 14.9. The van der Waals surface area contributed by atoms with Crippen molar-refractivity contribution in [1.82, 2.24) is 0 Å². The van der Waals surface area contributed by atoms with Gasteiger partial charge in [0.2, 0.25) is 0 Å². The molecule has 1 nitrogen and oxygen atoms in total. The summed E-state index contributed by atoms with van der Waals surface area (Å²) in [5.41, 5.74) is 1.32. The Hall–Kier alpha value is -0.750. The summed E-state index contributed by atoms with van der Waals surface area (Å²) in [6.45, 7) is 0. The Bertz CT molecular complexity index is 561. The molecule has 0 spiro atoms. The fourth-order valence-corrected chi connectivity index (χ4v) is 2.51. The molecule has 2 aromatic rings. The standard InChI is InChI=1S/C14H9BrFIO/c15-11-5-9(6-12(16)8-11)7-14(18)10-1-3-13(17)4-2-10/h1-6,8H,7H2. The fraction of sp³-hybridized carbons (Fsp3) is 0.0714. The number of rotatable bonds is 3. The third kappa shape index (κ3) is 3.62. The summed E-state index contributed by atoms with van der Waals surface area (Å²) in [5, 5.41) is 0. The third-order valence-electron chi connectivity index (χ3n) is 2.45. The Kier molecular flexibility index (Phi) is 4.50. The average molecular weight is 419 g/mol. The number of carbonyl (C=O) groups is 1. The summed E-state index contributed by atoms with van der Waals surface area (Å²) in [4.78, 5) is 12.0. The fourth-order valence-electron chi connectivity index (χ4n) is 1.64. The Balaban J connectivity index is 2.18. The molecule has 18 heavy (non-hydrogen) atoms. The zero-order valence-corrected chi connectivity index (χ0v) is 13.0. The molecule has 0 amide bonds. The van der Waals surface area contributed by atoms with Crippen molar-refractivity contribution in [1.29, 1.82) is 0 Å². The van der Waals surface area contributed by atoms with Crippen LogP contribution in [0.2, 0.25) is 0 Å². The lowest BCUT2D eigenvalue weighted by Gasteiger charge is -2.03. The van der Waals surface area contributed by atoms with Crippen molar-refractivity contribution in [3.8, 4) is 0 Å². The van der Waals surface area contributed by atoms with Crippen LogP contribution in [0.25, 0.3) is 0 Å². The maximum absolute atomic E-state index is 13.2. The molecule has 2 aromatic carbocycles. The predicted octanol–water partition coefficient (Wildman–Crippen LogP) is 4.62. The summed E-state index contributed by atoms with van der Waals surface area (Å²) in [6.07, 6.45) is 0.205. The van der Waals surface area contributed by atoms with Crippen LogP contribution < -0.4 is 0 Å². The van der Waals surface area contributed by atoms with Gasteiger partial charge in [-0.05, 0) is 58.5 Å². The van der Waals surface area contributed by atoms with Crippen LogP contribution >= 0.6 is 38.5 Å². The van der Waals surface area contributed by atoms with Gasteiger partial charge in [0.15, 0.2) is 5.78 Å². The van der Waals surface area contributed by atoms with Crippen molar-refractivity contribution in [2.24, 2.45) is 0 Å². The highest BCUT2D eigenvalue weighted by molar-refractivity contribution is 14.1. The summed E-state index contributed by atoms with van der Waals surface area (Å²) in [7, 11) is 0. The van der Waals surface area contributed by atoms with Gasteiger partial charge >= 0.3 is 0 Å². The van der Waals surface area contributed by atoms with E-state index in [9.17, 15) is 9.18 Å². The summed E-state index contributed by atoms with van der Waals surface area (Å²) >= 11 is 5.40. The first-order chi connectivity index (χ1) is 8.54. The lowest BCUT2D eigenvalue weighted by Crippen LogP contribution is -2.03. The van der Waals surface area contributed by atoms with E-state index in [4.69, 9.17) is 0 Å². The van der Waals surface area contributed by atoms with Crippen molar-refractivity contribution >= 4 is 44.3 Å². The molecule has 0 N–H and O–H groups in total. The molecule has 0 aliphatic carbocycles. The van der Waals surface area contributed by atoms with Gasteiger partial charge in [-0.1, -0.05) is 28.1 Å². The van der Waals surface area contributed by atoms with Gasteiger partial charge in [0.25, 0.3) is 0 Å². The van der Waals surface area contributed by atoms with Gasteiger partial charge in [-0.15, -0.1) is 0 Å². The number of ketones is 1. The first-order valence-corrected chi connectivity index (χ1v) is 7.15. The second-order valence-electron chi connectivity index (χ2n) is 3.88. The predicted molar refractivity (Wildman–Crippen MR) is 81.3 cm³/mol. The second-order valence-corrected chi connectivity index (χ2v) is 6.05.